The van der Waals surface area contributed by atoms with E-state index in [0.717, 1.165) is 22.3 Å². The molecule has 1 aromatic carbocycles. The molecule has 1 unspecified atom stereocenters. The lowest BCUT2D eigenvalue weighted by atomic mass is 10.1. The molecule has 0 aliphatic rings. The van der Waals surface area contributed by atoms with Crippen LogP contribution in [0.15, 0.2) is 22.7 Å². The van der Waals surface area contributed by atoms with Crippen molar-refractivity contribution in [2.24, 2.45) is 0 Å². The molecule has 0 amide bonds. The minimum absolute atomic E-state index is 0.305. The van der Waals surface area contributed by atoms with Crippen molar-refractivity contribution in [3.63, 3.8) is 0 Å². The Labute approximate surface area is 118 Å². The minimum atomic E-state index is 0.305. The van der Waals surface area contributed by atoms with E-state index in [1.807, 2.05) is 12.1 Å². The Bertz CT molecular complexity index is 411. The SMILES string of the molecule is C#CCOc1ccc(Br)cc1CNC(C)CCC. The normalized spacial score (nSPS) is 11.9. The van der Waals surface area contributed by atoms with Crippen LogP contribution >= 0.6 is 15.9 Å². The van der Waals surface area contributed by atoms with Gasteiger partial charge in [-0.3, -0.25) is 0 Å². The van der Waals surface area contributed by atoms with Crippen LogP contribution < -0.4 is 10.1 Å². The molecule has 1 aromatic rings. The van der Waals surface area contributed by atoms with Crippen LogP contribution in [0.5, 0.6) is 5.75 Å². The van der Waals surface area contributed by atoms with Gasteiger partial charge in [0.25, 0.3) is 0 Å². The quantitative estimate of drug-likeness (QED) is 0.775. The van der Waals surface area contributed by atoms with Crippen molar-refractivity contribution in [1.82, 2.24) is 5.32 Å². The Hall–Kier alpha value is -0.980. The maximum absolute atomic E-state index is 5.54. The molecular weight excluding hydrogens is 290 g/mol. The summed E-state index contributed by atoms with van der Waals surface area (Å²) < 4.78 is 6.59. The number of hydrogen-bond donors (Lipinski definition) is 1. The lowest BCUT2D eigenvalue weighted by molar-refractivity contribution is 0.363. The lowest BCUT2D eigenvalue weighted by Crippen LogP contribution is -2.25. The summed E-state index contributed by atoms with van der Waals surface area (Å²) in [5.41, 5.74) is 1.13. The second-order valence-electron chi connectivity index (χ2n) is 4.32. The Kier molecular flexibility index (Phi) is 6.85. The molecule has 0 fully saturated rings. The van der Waals surface area contributed by atoms with Crippen molar-refractivity contribution in [1.29, 1.82) is 0 Å². The number of nitrogens with one attached hydrogen (secondary N) is 1. The number of benzene rings is 1. The zero-order valence-corrected chi connectivity index (χ0v) is 12.6. The van der Waals surface area contributed by atoms with Gasteiger partial charge in [-0.15, -0.1) is 6.42 Å². The highest BCUT2D eigenvalue weighted by Gasteiger charge is 2.06. The maximum Gasteiger partial charge on any atom is 0.148 e. The third kappa shape index (κ3) is 5.12. The van der Waals surface area contributed by atoms with E-state index in [-0.39, 0.29) is 0 Å². The minimum Gasteiger partial charge on any atom is -0.481 e. The third-order valence-corrected chi connectivity index (χ3v) is 3.19. The van der Waals surface area contributed by atoms with Crippen LogP contribution in [0.2, 0.25) is 0 Å². The largest absolute Gasteiger partial charge is 0.481 e. The summed E-state index contributed by atoms with van der Waals surface area (Å²) >= 11 is 3.48. The van der Waals surface area contributed by atoms with Crippen LogP contribution in [0.4, 0.5) is 0 Å². The van der Waals surface area contributed by atoms with Gasteiger partial charge in [0, 0.05) is 22.6 Å². The van der Waals surface area contributed by atoms with Gasteiger partial charge in [-0.2, -0.15) is 0 Å². The first kappa shape index (κ1) is 15.1. The van der Waals surface area contributed by atoms with Crippen molar-refractivity contribution >= 4 is 15.9 Å². The van der Waals surface area contributed by atoms with E-state index in [1.54, 1.807) is 0 Å². The van der Waals surface area contributed by atoms with Crippen molar-refractivity contribution in [2.75, 3.05) is 6.61 Å². The zero-order valence-electron chi connectivity index (χ0n) is 11.0. The molecule has 0 aliphatic heterocycles. The fourth-order valence-electron chi connectivity index (χ4n) is 1.77. The lowest BCUT2D eigenvalue weighted by Gasteiger charge is -2.15. The predicted molar refractivity (Wildman–Crippen MR) is 79.7 cm³/mol. The summed E-state index contributed by atoms with van der Waals surface area (Å²) in [7, 11) is 0. The highest BCUT2D eigenvalue weighted by molar-refractivity contribution is 9.10. The van der Waals surface area contributed by atoms with Gasteiger partial charge in [0.1, 0.15) is 12.4 Å². The Morgan fingerprint density at radius 2 is 2.28 bits per heavy atom. The van der Waals surface area contributed by atoms with E-state index < -0.39 is 0 Å². The second-order valence-corrected chi connectivity index (χ2v) is 5.23. The number of halogens is 1. The predicted octanol–water partition coefficient (Wildman–Crippen LogP) is 3.74. The van der Waals surface area contributed by atoms with E-state index >= 15 is 0 Å². The molecule has 0 heterocycles. The highest BCUT2D eigenvalue weighted by atomic mass is 79.9. The molecule has 18 heavy (non-hydrogen) atoms. The Morgan fingerprint density at radius 1 is 1.50 bits per heavy atom. The van der Waals surface area contributed by atoms with E-state index in [1.165, 1.54) is 12.8 Å². The molecular formula is C15H20BrNO. The van der Waals surface area contributed by atoms with Crippen molar-refractivity contribution in [2.45, 2.75) is 39.3 Å². The van der Waals surface area contributed by atoms with Crippen LogP contribution in [0.1, 0.15) is 32.3 Å². The first-order valence-corrected chi connectivity index (χ1v) is 7.04. The Balaban J connectivity index is 2.67. The second kappa shape index (κ2) is 8.18. The van der Waals surface area contributed by atoms with E-state index in [0.29, 0.717) is 12.6 Å². The summed E-state index contributed by atoms with van der Waals surface area (Å²) in [6.07, 6.45) is 7.58. The van der Waals surface area contributed by atoms with Gasteiger partial charge in [0.2, 0.25) is 0 Å². The van der Waals surface area contributed by atoms with Crippen LogP contribution in [0, 0.1) is 12.3 Å². The number of ether oxygens (including phenoxy) is 1. The molecule has 0 aliphatic carbocycles. The van der Waals surface area contributed by atoms with Crippen molar-refractivity contribution in [3.05, 3.63) is 28.2 Å². The summed E-state index contributed by atoms with van der Waals surface area (Å²) in [4.78, 5) is 0. The molecule has 98 valence electrons. The van der Waals surface area contributed by atoms with Crippen LogP contribution in [-0.2, 0) is 6.54 Å². The molecule has 0 saturated heterocycles. The molecule has 1 N–H and O–H groups in total. The fraction of sp³-hybridized carbons (Fsp3) is 0.467. The van der Waals surface area contributed by atoms with Gasteiger partial charge in [-0.05, 0) is 31.5 Å². The summed E-state index contributed by atoms with van der Waals surface area (Å²) in [6, 6.07) is 6.49. The Morgan fingerprint density at radius 3 is 2.94 bits per heavy atom. The summed E-state index contributed by atoms with van der Waals surface area (Å²) in [5.74, 6) is 3.34. The van der Waals surface area contributed by atoms with Gasteiger partial charge in [-0.25, -0.2) is 0 Å². The molecule has 1 rings (SSSR count). The number of hydrogen-bond acceptors (Lipinski definition) is 2. The first-order chi connectivity index (χ1) is 8.67. The van der Waals surface area contributed by atoms with Crippen molar-refractivity contribution in [3.8, 4) is 18.1 Å². The van der Waals surface area contributed by atoms with Gasteiger partial charge in [0.15, 0.2) is 0 Å². The number of terminal acetylenes is 1. The standard InChI is InChI=1S/C15H20BrNO/c1-4-6-12(3)17-11-13-10-14(16)7-8-15(13)18-9-5-2/h2,7-8,10,12,17H,4,6,9,11H2,1,3H3. The van der Waals surface area contributed by atoms with Gasteiger partial charge < -0.3 is 10.1 Å². The van der Waals surface area contributed by atoms with E-state index in [2.05, 4.69) is 47.1 Å². The van der Waals surface area contributed by atoms with Gasteiger partial charge in [0.05, 0.1) is 0 Å². The van der Waals surface area contributed by atoms with Crippen molar-refractivity contribution < 1.29 is 4.74 Å². The fourth-order valence-corrected chi connectivity index (χ4v) is 2.17. The van der Waals surface area contributed by atoms with Crippen LogP contribution in [0.3, 0.4) is 0 Å². The molecule has 0 bridgehead atoms. The van der Waals surface area contributed by atoms with Gasteiger partial charge in [-0.1, -0.05) is 35.2 Å². The summed E-state index contributed by atoms with van der Waals surface area (Å²) in [5, 5.41) is 3.49. The molecule has 0 radical (unpaired) electrons. The van der Waals surface area contributed by atoms with E-state index in [9.17, 15) is 0 Å². The first-order valence-electron chi connectivity index (χ1n) is 6.25. The molecule has 1 atom stereocenters. The number of rotatable bonds is 7. The topological polar surface area (TPSA) is 21.3 Å². The third-order valence-electron chi connectivity index (χ3n) is 2.70. The highest BCUT2D eigenvalue weighted by Crippen LogP contribution is 2.23. The average molecular weight is 310 g/mol. The monoisotopic (exact) mass is 309 g/mol. The molecule has 0 aromatic heterocycles. The molecule has 0 saturated carbocycles. The smallest absolute Gasteiger partial charge is 0.148 e. The maximum atomic E-state index is 5.54. The zero-order chi connectivity index (χ0) is 13.4. The van der Waals surface area contributed by atoms with Crippen LogP contribution in [0.25, 0.3) is 0 Å². The van der Waals surface area contributed by atoms with E-state index in [4.69, 9.17) is 11.2 Å². The van der Waals surface area contributed by atoms with Crippen LogP contribution in [-0.4, -0.2) is 12.6 Å². The average Bonchev–Trinajstić information content (AvgIpc) is 2.35. The van der Waals surface area contributed by atoms with Gasteiger partial charge >= 0.3 is 0 Å². The molecule has 0 spiro atoms. The molecule has 3 heteroatoms. The summed E-state index contributed by atoms with van der Waals surface area (Å²) in [6.45, 7) is 5.49. The molecule has 2 nitrogen and oxygen atoms in total.